The quantitative estimate of drug-likeness (QED) is 0.582. The van der Waals surface area contributed by atoms with E-state index in [0.29, 0.717) is 40.2 Å². The smallest absolute Gasteiger partial charge is 0.226 e. The van der Waals surface area contributed by atoms with Crippen molar-refractivity contribution < 1.29 is 14.3 Å². The lowest BCUT2D eigenvalue weighted by atomic mass is 10.2. The van der Waals surface area contributed by atoms with Gasteiger partial charge in [-0.15, -0.1) is 0 Å². The number of nitrogens with zero attached hydrogens (tertiary/aromatic N) is 1. The van der Waals surface area contributed by atoms with Crippen LogP contribution in [-0.2, 0) is 4.79 Å². The van der Waals surface area contributed by atoms with Crippen LogP contribution in [0, 0.1) is 13.8 Å². The molecule has 0 bridgehead atoms. The molecule has 1 N–H and O–H groups in total. The summed E-state index contributed by atoms with van der Waals surface area (Å²) in [4.78, 5) is 28.1. The number of thiazole rings is 1. The van der Waals surface area contributed by atoms with Crippen LogP contribution in [0.15, 0.2) is 18.2 Å². The van der Waals surface area contributed by atoms with Gasteiger partial charge in [0.25, 0.3) is 0 Å². The van der Waals surface area contributed by atoms with Gasteiger partial charge < -0.3 is 10.1 Å². The van der Waals surface area contributed by atoms with Gasteiger partial charge in [-0.1, -0.05) is 22.9 Å². The molecule has 0 radical (unpaired) electrons. The number of hydrogen-bond acceptors (Lipinski definition) is 5. The Morgan fingerprint density at radius 1 is 1.33 bits per heavy atom. The highest BCUT2D eigenvalue weighted by atomic mass is 35.5. The fraction of sp³-hybridized carbons (Fsp3) is 0.353. The standard InChI is InChI=1S/C17H19ClN2O3S/c1-10-9-13(6-7-14(10)18)23-8-4-5-15(22)20-17-19-11(2)16(24-17)12(3)21/h6-7,9H,4-5,8H2,1-3H3,(H,19,20,22). The maximum atomic E-state index is 11.9. The van der Waals surface area contributed by atoms with E-state index in [1.807, 2.05) is 13.0 Å². The first-order chi connectivity index (χ1) is 11.4. The third kappa shape index (κ3) is 5.04. The Morgan fingerprint density at radius 2 is 2.08 bits per heavy atom. The number of aromatic nitrogens is 1. The summed E-state index contributed by atoms with van der Waals surface area (Å²) in [7, 11) is 0. The lowest BCUT2D eigenvalue weighted by molar-refractivity contribution is -0.116. The molecule has 5 nitrogen and oxygen atoms in total. The number of amides is 1. The van der Waals surface area contributed by atoms with Gasteiger partial charge in [-0.2, -0.15) is 0 Å². The number of carbonyl (C=O) groups excluding carboxylic acids is 2. The van der Waals surface area contributed by atoms with Crippen molar-refractivity contribution in [1.82, 2.24) is 4.98 Å². The maximum Gasteiger partial charge on any atom is 0.226 e. The first-order valence-electron chi connectivity index (χ1n) is 7.54. The molecule has 0 aliphatic heterocycles. The molecule has 2 aromatic rings. The molecule has 0 fully saturated rings. The molecule has 0 spiro atoms. The van der Waals surface area contributed by atoms with Crippen LogP contribution in [0.4, 0.5) is 5.13 Å². The third-order valence-electron chi connectivity index (χ3n) is 3.31. The predicted molar refractivity (Wildman–Crippen MR) is 96.4 cm³/mol. The number of nitrogens with one attached hydrogen (secondary N) is 1. The molecule has 1 heterocycles. The third-order valence-corrected chi connectivity index (χ3v) is 4.91. The molecule has 2 rings (SSSR count). The fourth-order valence-corrected chi connectivity index (χ4v) is 3.08. The van der Waals surface area contributed by atoms with Gasteiger partial charge in [0.05, 0.1) is 17.2 Å². The van der Waals surface area contributed by atoms with Crippen LogP contribution in [0.1, 0.15) is 40.7 Å². The van der Waals surface area contributed by atoms with Crippen LogP contribution >= 0.6 is 22.9 Å². The van der Waals surface area contributed by atoms with Crippen molar-refractivity contribution in [3.8, 4) is 5.75 Å². The zero-order chi connectivity index (χ0) is 17.7. The number of rotatable bonds is 7. The second-order valence-corrected chi connectivity index (χ2v) is 6.81. The second-order valence-electron chi connectivity index (χ2n) is 5.40. The van der Waals surface area contributed by atoms with Crippen molar-refractivity contribution in [3.05, 3.63) is 39.4 Å². The molecule has 0 unspecified atom stereocenters. The highest BCUT2D eigenvalue weighted by molar-refractivity contribution is 7.17. The zero-order valence-corrected chi connectivity index (χ0v) is 15.4. The molecule has 1 aromatic heterocycles. The number of hydrogen-bond donors (Lipinski definition) is 1. The fourth-order valence-electron chi connectivity index (χ4n) is 2.09. The van der Waals surface area contributed by atoms with Gasteiger partial charge >= 0.3 is 0 Å². The van der Waals surface area contributed by atoms with Crippen molar-refractivity contribution in [3.63, 3.8) is 0 Å². The lowest BCUT2D eigenvalue weighted by Crippen LogP contribution is -2.12. The number of carbonyl (C=O) groups is 2. The minimum atomic E-state index is -0.144. The van der Waals surface area contributed by atoms with Gasteiger partial charge in [0.2, 0.25) is 5.91 Å². The number of benzene rings is 1. The van der Waals surface area contributed by atoms with Crippen LogP contribution in [0.3, 0.4) is 0 Å². The molecule has 1 amide bonds. The van der Waals surface area contributed by atoms with Gasteiger partial charge in [-0.25, -0.2) is 4.98 Å². The largest absolute Gasteiger partial charge is 0.494 e. The number of anilines is 1. The van der Waals surface area contributed by atoms with Crippen molar-refractivity contribution >= 4 is 39.8 Å². The molecular weight excluding hydrogens is 348 g/mol. The van der Waals surface area contributed by atoms with E-state index in [4.69, 9.17) is 16.3 Å². The van der Waals surface area contributed by atoms with Crippen LogP contribution in [-0.4, -0.2) is 23.3 Å². The van der Waals surface area contributed by atoms with Crippen LogP contribution in [0.5, 0.6) is 5.75 Å². The predicted octanol–water partition coefficient (Wildman–Crippen LogP) is 4.41. The van der Waals surface area contributed by atoms with Gasteiger partial charge in [-0.05, 0) is 44.0 Å². The van der Waals surface area contributed by atoms with E-state index < -0.39 is 0 Å². The van der Waals surface area contributed by atoms with Gasteiger partial charge in [0.1, 0.15) is 5.75 Å². The Labute approximate surface area is 150 Å². The Hall–Kier alpha value is -1.92. The van der Waals surface area contributed by atoms with E-state index in [9.17, 15) is 9.59 Å². The number of ketones is 1. The van der Waals surface area contributed by atoms with E-state index >= 15 is 0 Å². The number of Topliss-reactive ketones (excluding diaryl/α,β-unsaturated/α-hetero) is 1. The number of aryl methyl sites for hydroxylation is 2. The van der Waals surface area contributed by atoms with Crippen molar-refractivity contribution in [2.75, 3.05) is 11.9 Å². The van der Waals surface area contributed by atoms with E-state index in [0.717, 1.165) is 11.3 Å². The molecule has 7 heteroatoms. The SMILES string of the molecule is CC(=O)c1sc(NC(=O)CCCOc2ccc(Cl)c(C)c2)nc1C. The summed E-state index contributed by atoms with van der Waals surface area (Å²) in [6.45, 7) is 5.59. The highest BCUT2D eigenvalue weighted by Gasteiger charge is 2.13. The Balaban J connectivity index is 1.76. The monoisotopic (exact) mass is 366 g/mol. The molecule has 0 saturated carbocycles. The van der Waals surface area contributed by atoms with Crippen molar-refractivity contribution in [2.24, 2.45) is 0 Å². The molecule has 0 saturated heterocycles. The minimum absolute atomic E-state index is 0.0443. The second kappa shape index (κ2) is 8.26. The molecule has 1 aromatic carbocycles. The van der Waals surface area contributed by atoms with Crippen molar-refractivity contribution in [1.29, 1.82) is 0 Å². The average Bonchev–Trinajstić information content (AvgIpc) is 2.88. The van der Waals surface area contributed by atoms with E-state index in [-0.39, 0.29) is 11.7 Å². The summed E-state index contributed by atoms with van der Waals surface area (Å²) in [5.41, 5.74) is 1.59. The number of ether oxygens (including phenoxy) is 1. The molecule has 128 valence electrons. The van der Waals surface area contributed by atoms with Crippen LogP contribution in [0.25, 0.3) is 0 Å². The zero-order valence-electron chi connectivity index (χ0n) is 13.8. The summed E-state index contributed by atoms with van der Waals surface area (Å²) in [5, 5.41) is 3.87. The topological polar surface area (TPSA) is 68.3 Å². The Bertz CT molecular complexity index is 758. The maximum absolute atomic E-state index is 11.9. The van der Waals surface area contributed by atoms with E-state index in [1.54, 1.807) is 19.1 Å². The highest BCUT2D eigenvalue weighted by Crippen LogP contribution is 2.23. The Kier molecular flexibility index (Phi) is 6.34. The van der Waals surface area contributed by atoms with Crippen molar-refractivity contribution in [2.45, 2.75) is 33.6 Å². The van der Waals surface area contributed by atoms with Gasteiger partial charge in [-0.3, -0.25) is 9.59 Å². The minimum Gasteiger partial charge on any atom is -0.494 e. The molecule has 0 aliphatic rings. The summed E-state index contributed by atoms with van der Waals surface area (Å²) in [6.07, 6.45) is 0.901. The number of halogens is 1. The van der Waals surface area contributed by atoms with E-state index in [1.165, 1.54) is 18.3 Å². The summed E-state index contributed by atoms with van der Waals surface area (Å²) < 4.78 is 5.60. The normalized spacial score (nSPS) is 10.5. The Morgan fingerprint density at radius 3 is 2.71 bits per heavy atom. The molecule has 24 heavy (non-hydrogen) atoms. The van der Waals surface area contributed by atoms with Gasteiger partial charge in [0, 0.05) is 18.4 Å². The summed E-state index contributed by atoms with van der Waals surface area (Å²) in [5.74, 6) is 0.547. The van der Waals surface area contributed by atoms with Crippen LogP contribution in [0.2, 0.25) is 5.02 Å². The molecule has 0 atom stereocenters. The van der Waals surface area contributed by atoms with Crippen LogP contribution < -0.4 is 10.1 Å². The molecule has 0 aliphatic carbocycles. The molecular formula is C17H19ClN2O3S. The average molecular weight is 367 g/mol. The van der Waals surface area contributed by atoms with Gasteiger partial charge in [0.15, 0.2) is 10.9 Å². The lowest BCUT2D eigenvalue weighted by Gasteiger charge is -2.07. The summed E-state index contributed by atoms with van der Waals surface area (Å²) >= 11 is 7.16. The first-order valence-corrected chi connectivity index (χ1v) is 8.73. The summed E-state index contributed by atoms with van der Waals surface area (Å²) in [6, 6.07) is 5.46. The van der Waals surface area contributed by atoms with E-state index in [2.05, 4.69) is 10.3 Å². The first kappa shape index (κ1) is 18.4.